The fourth-order valence-electron chi connectivity index (χ4n) is 1.41. The fourth-order valence-corrected chi connectivity index (χ4v) is 2.20. The molecule has 0 saturated carbocycles. The first-order valence-corrected chi connectivity index (χ1v) is 5.79. The minimum atomic E-state index is -0.654. The lowest BCUT2D eigenvalue weighted by Crippen LogP contribution is -1.98. The summed E-state index contributed by atoms with van der Waals surface area (Å²) in [6, 6.07) is 5.67. The topological polar surface area (TPSA) is 35.8 Å². The Balaban J connectivity index is 2.32. The molecule has 2 aromatic rings. The van der Waals surface area contributed by atoms with Gasteiger partial charge in [0, 0.05) is 10.9 Å². The van der Waals surface area contributed by atoms with E-state index in [1.807, 2.05) is 6.07 Å². The summed E-state index contributed by atoms with van der Waals surface area (Å²) in [6.07, 6.45) is 0.210. The smallest absolute Gasteiger partial charge is 0.149 e. The van der Waals surface area contributed by atoms with Gasteiger partial charge in [-0.05, 0) is 17.5 Å². The Bertz CT molecular complexity index is 552. The van der Waals surface area contributed by atoms with Crippen LogP contribution in [0.5, 0.6) is 0 Å². The van der Waals surface area contributed by atoms with Gasteiger partial charge in [0.2, 0.25) is 0 Å². The highest BCUT2D eigenvalue weighted by Gasteiger charge is 2.11. The zero-order chi connectivity index (χ0) is 12.3. The summed E-state index contributed by atoms with van der Waals surface area (Å²) in [4.78, 5) is 0. The number of halogens is 2. The number of hydrogen-bond donors (Lipinski definition) is 1. The van der Waals surface area contributed by atoms with Gasteiger partial charge < -0.3 is 5.32 Å². The van der Waals surface area contributed by atoms with Crippen molar-refractivity contribution in [1.82, 2.24) is 0 Å². The van der Waals surface area contributed by atoms with Crippen LogP contribution in [0.1, 0.15) is 5.56 Å². The van der Waals surface area contributed by atoms with E-state index in [0.29, 0.717) is 5.69 Å². The van der Waals surface area contributed by atoms with Gasteiger partial charge in [-0.15, -0.1) is 11.3 Å². The van der Waals surface area contributed by atoms with Crippen LogP contribution in [0.2, 0.25) is 0 Å². The standard InChI is InChI=1S/C12H8F2N2S/c13-9-2-1-3-10(14)12(9)16-11-7-17-6-8(11)4-5-15/h1-3,6-7,16H,4H2. The van der Waals surface area contributed by atoms with Gasteiger partial charge in [-0.25, -0.2) is 8.78 Å². The van der Waals surface area contributed by atoms with Gasteiger partial charge in [0.1, 0.15) is 17.3 Å². The molecule has 0 aliphatic carbocycles. The van der Waals surface area contributed by atoms with E-state index in [1.54, 1.807) is 10.8 Å². The summed E-state index contributed by atoms with van der Waals surface area (Å²) < 4.78 is 26.8. The van der Waals surface area contributed by atoms with Gasteiger partial charge in [-0.2, -0.15) is 5.26 Å². The molecular formula is C12H8F2N2S. The molecule has 1 aromatic heterocycles. The summed E-state index contributed by atoms with van der Waals surface area (Å²) in [5.41, 5.74) is 1.12. The van der Waals surface area contributed by atoms with Gasteiger partial charge >= 0.3 is 0 Å². The van der Waals surface area contributed by atoms with Crippen molar-refractivity contribution in [2.24, 2.45) is 0 Å². The number of benzene rings is 1. The van der Waals surface area contributed by atoms with Crippen molar-refractivity contribution < 1.29 is 8.78 Å². The normalized spacial score (nSPS) is 9.94. The second kappa shape index (κ2) is 4.93. The van der Waals surface area contributed by atoms with E-state index in [2.05, 4.69) is 5.32 Å². The van der Waals surface area contributed by atoms with Crippen LogP contribution in [-0.4, -0.2) is 0 Å². The molecule has 17 heavy (non-hydrogen) atoms. The molecule has 1 aromatic carbocycles. The SMILES string of the molecule is N#CCc1cscc1Nc1c(F)cccc1F. The Hall–Kier alpha value is -1.93. The monoisotopic (exact) mass is 250 g/mol. The number of anilines is 2. The summed E-state index contributed by atoms with van der Waals surface area (Å²) in [6.45, 7) is 0. The molecule has 2 rings (SSSR count). The maximum Gasteiger partial charge on any atom is 0.149 e. The number of nitrogens with zero attached hydrogens (tertiary/aromatic N) is 1. The minimum Gasteiger partial charge on any atom is -0.350 e. The summed E-state index contributed by atoms with van der Waals surface area (Å²) >= 11 is 1.38. The van der Waals surface area contributed by atoms with Crippen molar-refractivity contribution in [3.63, 3.8) is 0 Å². The predicted octanol–water partition coefficient (Wildman–Crippen LogP) is 3.84. The van der Waals surface area contributed by atoms with Crippen LogP contribution < -0.4 is 5.32 Å². The highest BCUT2D eigenvalue weighted by atomic mass is 32.1. The van der Waals surface area contributed by atoms with Crippen LogP contribution in [0.3, 0.4) is 0 Å². The number of nitrogens with one attached hydrogen (secondary N) is 1. The molecule has 5 heteroatoms. The van der Waals surface area contributed by atoms with Crippen molar-refractivity contribution in [3.05, 3.63) is 46.2 Å². The van der Waals surface area contributed by atoms with Crippen molar-refractivity contribution in [3.8, 4) is 6.07 Å². The molecule has 0 unspecified atom stereocenters. The highest BCUT2D eigenvalue weighted by Crippen LogP contribution is 2.28. The Labute approximate surface area is 101 Å². The molecule has 0 bridgehead atoms. The maximum absolute atomic E-state index is 13.4. The third kappa shape index (κ3) is 2.43. The largest absolute Gasteiger partial charge is 0.350 e. The second-order valence-electron chi connectivity index (χ2n) is 3.37. The summed E-state index contributed by atoms with van der Waals surface area (Å²) in [5.74, 6) is -1.31. The van der Waals surface area contributed by atoms with Gasteiger partial charge in [0.05, 0.1) is 18.2 Å². The molecule has 1 N–H and O–H groups in total. The fraction of sp³-hybridized carbons (Fsp3) is 0.0833. The quantitative estimate of drug-likeness (QED) is 0.898. The average molecular weight is 250 g/mol. The van der Waals surface area contributed by atoms with E-state index >= 15 is 0 Å². The van der Waals surface area contributed by atoms with E-state index in [4.69, 9.17) is 5.26 Å². The van der Waals surface area contributed by atoms with Gasteiger partial charge in [-0.3, -0.25) is 0 Å². The van der Waals surface area contributed by atoms with Crippen LogP contribution in [0.4, 0.5) is 20.2 Å². The molecule has 0 amide bonds. The molecule has 0 aliphatic heterocycles. The lowest BCUT2D eigenvalue weighted by molar-refractivity contribution is 0.591. The first-order chi connectivity index (χ1) is 8.22. The first kappa shape index (κ1) is 11.6. The molecule has 0 atom stereocenters. The molecule has 2 nitrogen and oxygen atoms in total. The second-order valence-corrected chi connectivity index (χ2v) is 4.11. The molecule has 0 radical (unpaired) electrons. The molecule has 0 aliphatic rings. The summed E-state index contributed by atoms with van der Waals surface area (Å²) in [5, 5.41) is 14.8. The van der Waals surface area contributed by atoms with E-state index in [9.17, 15) is 8.78 Å². The van der Waals surface area contributed by atoms with E-state index in [-0.39, 0.29) is 12.1 Å². The van der Waals surface area contributed by atoms with Crippen LogP contribution in [0.25, 0.3) is 0 Å². The zero-order valence-electron chi connectivity index (χ0n) is 8.71. The van der Waals surface area contributed by atoms with Crippen LogP contribution >= 0.6 is 11.3 Å². The molecular weight excluding hydrogens is 242 g/mol. The molecule has 1 heterocycles. The number of para-hydroxylation sites is 1. The van der Waals surface area contributed by atoms with E-state index in [0.717, 1.165) is 5.56 Å². The van der Waals surface area contributed by atoms with Gasteiger partial charge in [0.25, 0.3) is 0 Å². The molecule has 0 saturated heterocycles. The minimum absolute atomic E-state index is 0.190. The number of hydrogen-bond acceptors (Lipinski definition) is 3. The average Bonchev–Trinajstić information content (AvgIpc) is 2.72. The van der Waals surface area contributed by atoms with Crippen LogP contribution in [-0.2, 0) is 6.42 Å². The van der Waals surface area contributed by atoms with E-state index < -0.39 is 11.6 Å². The van der Waals surface area contributed by atoms with Gasteiger partial charge in [0.15, 0.2) is 0 Å². The van der Waals surface area contributed by atoms with Crippen molar-refractivity contribution in [2.45, 2.75) is 6.42 Å². The molecule has 0 fully saturated rings. The lowest BCUT2D eigenvalue weighted by Gasteiger charge is -2.08. The van der Waals surface area contributed by atoms with E-state index in [1.165, 1.54) is 29.5 Å². The Kier molecular flexibility index (Phi) is 3.35. The third-order valence-electron chi connectivity index (χ3n) is 2.23. The van der Waals surface area contributed by atoms with Crippen LogP contribution in [0.15, 0.2) is 29.0 Å². The Morgan fingerprint density at radius 1 is 1.24 bits per heavy atom. The lowest BCUT2D eigenvalue weighted by atomic mass is 10.2. The maximum atomic E-state index is 13.4. The number of nitriles is 1. The molecule has 86 valence electrons. The van der Waals surface area contributed by atoms with Crippen molar-refractivity contribution >= 4 is 22.7 Å². The van der Waals surface area contributed by atoms with Crippen LogP contribution in [0, 0.1) is 23.0 Å². The highest BCUT2D eigenvalue weighted by molar-refractivity contribution is 7.08. The Morgan fingerprint density at radius 2 is 1.94 bits per heavy atom. The Morgan fingerprint density at radius 3 is 2.59 bits per heavy atom. The van der Waals surface area contributed by atoms with Crippen molar-refractivity contribution in [2.75, 3.05) is 5.32 Å². The summed E-state index contributed by atoms with van der Waals surface area (Å²) in [7, 11) is 0. The third-order valence-corrected chi connectivity index (χ3v) is 3.03. The molecule has 0 spiro atoms. The van der Waals surface area contributed by atoms with Gasteiger partial charge in [-0.1, -0.05) is 6.07 Å². The number of thiophene rings is 1. The predicted molar refractivity (Wildman–Crippen MR) is 63.3 cm³/mol. The van der Waals surface area contributed by atoms with Crippen molar-refractivity contribution in [1.29, 1.82) is 5.26 Å². The first-order valence-electron chi connectivity index (χ1n) is 4.85. The zero-order valence-corrected chi connectivity index (χ0v) is 9.52. The number of rotatable bonds is 3.